The number of carbonyl (C=O) groups excluding carboxylic acids is 1. The van der Waals surface area contributed by atoms with Crippen LogP contribution in [-0.4, -0.2) is 35.1 Å². The number of carboxylic acid groups (broad SMARTS) is 1. The number of nitrogens with one attached hydrogen (secondary N) is 1. The molecule has 0 saturated carbocycles. The number of amides is 1. The molecule has 1 aromatic heterocycles. The van der Waals surface area contributed by atoms with Crippen molar-refractivity contribution < 1.29 is 27.9 Å². The minimum absolute atomic E-state index is 0.0335. The van der Waals surface area contributed by atoms with Gasteiger partial charge in [0.05, 0.1) is 6.42 Å². The molecule has 0 radical (unpaired) electrons. The van der Waals surface area contributed by atoms with E-state index in [4.69, 9.17) is 5.11 Å². The Morgan fingerprint density at radius 3 is 2.46 bits per heavy atom. The van der Waals surface area contributed by atoms with Crippen LogP contribution in [0.1, 0.15) is 41.4 Å². The molecule has 152 valence electrons. The number of alkyl halides is 3. The van der Waals surface area contributed by atoms with E-state index in [1.54, 1.807) is 29.2 Å². The van der Waals surface area contributed by atoms with Gasteiger partial charge >= 0.3 is 12.1 Å². The third-order valence-corrected chi connectivity index (χ3v) is 4.66. The van der Waals surface area contributed by atoms with Crippen molar-refractivity contribution >= 4 is 28.3 Å². The second-order valence-corrected chi connectivity index (χ2v) is 6.87. The normalized spacial score (nSPS) is 11.3. The summed E-state index contributed by atoms with van der Waals surface area (Å²) in [5.74, 6) is -1.38. The van der Waals surface area contributed by atoms with Crippen LogP contribution in [0.15, 0.2) is 29.6 Å². The SMILES string of the molecule is CCCN(Cc1ccc(C(=O)NCCC(=O)O)cc1)c1nc(C(F)(F)F)cs1. The van der Waals surface area contributed by atoms with E-state index in [9.17, 15) is 22.8 Å². The number of aliphatic carboxylic acids is 1. The Bertz CT molecular complexity index is 806. The molecule has 1 aromatic carbocycles. The van der Waals surface area contributed by atoms with E-state index in [0.29, 0.717) is 23.8 Å². The molecule has 0 unspecified atom stereocenters. The molecule has 2 N–H and O–H groups in total. The largest absolute Gasteiger partial charge is 0.481 e. The fraction of sp³-hybridized carbons (Fsp3) is 0.389. The lowest BCUT2D eigenvalue weighted by Crippen LogP contribution is -2.26. The first-order valence-electron chi connectivity index (χ1n) is 8.57. The molecule has 2 aromatic rings. The molecule has 1 amide bonds. The molecule has 0 aliphatic heterocycles. The van der Waals surface area contributed by atoms with Crippen molar-refractivity contribution in [2.24, 2.45) is 0 Å². The maximum absolute atomic E-state index is 12.8. The zero-order valence-corrected chi connectivity index (χ0v) is 15.9. The number of anilines is 1. The number of hydrogen-bond acceptors (Lipinski definition) is 5. The number of thiazole rings is 1. The first-order valence-corrected chi connectivity index (χ1v) is 9.45. The summed E-state index contributed by atoms with van der Waals surface area (Å²) in [7, 11) is 0. The van der Waals surface area contributed by atoms with Gasteiger partial charge in [-0.25, -0.2) is 4.98 Å². The van der Waals surface area contributed by atoms with Gasteiger partial charge < -0.3 is 15.3 Å². The predicted octanol–water partition coefficient (Wildman–Crippen LogP) is 3.78. The summed E-state index contributed by atoms with van der Waals surface area (Å²) in [6.07, 6.45) is -3.89. The van der Waals surface area contributed by atoms with E-state index in [-0.39, 0.29) is 18.9 Å². The number of aromatic nitrogens is 1. The average Bonchev–Trinajstić information content (AvgIpc) is 3.12. The number of hydrogen-bond donors (Lipinski definition) is 2. The monoisotopic (exact) mass is 415 g/mol. The Kier molecular flexibility index (Phi) is 7.38. The van der Waals surface area contributed by atoms with Crippen molar-refractivity contribution in [3.05, 3.63) is 46.5 Å². The van der Waals surface area contributed by atoms with E-state index in [1.165, 1.54) is 0 Å². The Hall–Kier alpha value is -2.62. The molecule has 0 aliphatic carbocycles. The topological polar surface area (TPSA) is 82.5 Å². The van der Waals surface area contributed by atoms with Crippen LogP contribution >= 0.6 is 11.3 Å². The molecule has 2 rings (SSSR count). The fourth-order valence-electron chi connectivity index (χ4n) is 2.42. The molecule has 0 saturated heterocycles. The van der Waals surface area contributed by atoms with E-state index in [1.807, 2.05) is 6.92 Å². The van der Waals surface area contributed by atoms with Gasteiger partial charge in [0, 0.05) is 30.6 Å². The number of halogens is 3. The maximum atomic E-state index is 12.8. The van der Waals surface area contributed by atoms with Crippen LogP contribution in [-0.2, 0) is 17.5 Å². The highest BCUT2D eigenvalue weighted by Crippen LogP contribution is 2.33. The highest BCUT2D eigenvalue weighted by Gasteiger charge is 2.34. The van der Waals surface area contributed by atoms with Crippen LogP contribution in [0.4, 0.5) is 18.3 Å². The molecule has 10 heteroatoms. The van der Waals surface area contributed by atoms with Crippen LogP contribution < -0.4 is 10.2 Å². The maximum Gasteiger partial charge on any atom is 0.434 e. The van der Waals surface area contributed by atoms with E-state index in [2.05, 4.69) is 10.3 Å². The summed E-state index contributed by atoms with van der Waals surface area (Å²) >= 11 is 0.946. The van der Waals surface area contributed by atoms with Crippen molar-refractivity contribution in [3.63, 3.8) is 0 Å². The van der Waals surface area contributed by atoms with Gasteiger partial charge in [-0.05, 0) is 24.1 Å². The van der Waals surface area contributed by atoms with Crippen LogP contribution in [0.2, 0.25) is 0 Å². The smallest absolute Gasteiger partial charge is 0.434 e. The van der Waals surface area contributed by atoms with Gasteiger partial charge in [-0.2, -0.15) is 13.2 Å². The van der Waals surface area contributed by atoms with Gasteiger partial charge in [-0.1, -0.05) is 19.1 Å². The van der Waals surface area contributed by atoms with E-state index >= 15 is 0 Å². The Morgan fingerprint density at radius 2 is 1.93 bits per heavy atom. The summed E-state index contributed by atoms with van der Waals surface area (Å²) in [6.45, 7) is 2.86. The standard InChI is InChI=1S/C18H20F3N3O3S/c1-2-9-24(17-23-14(11-28-17)18(19,20)21)10-12-3-5-13(6-4-12)16(27)22-8-7-15(25)26/h3-6,11H,2,7-10H2,1H3,(H,22,27)(H,25,26). The lowest BCUT2D eigenvalue weighted by atomic mass is 10.1. The number of nitrogens with zero attached hydrogens (tertiary/aromatic N) is 2. The summed E-state index contributed by atoms with van der Waals surface area (Å²) in [5.41, 5.74) is 0.297. The zero-order valence-electron chi connectivity index (χ0n) is 15.1. The van der Waals surface area contributed by atoms with E-state index < -0.39 is 17.8 Å². The molecule has 1 heterocycles. The van der Waals surface area contributed by atoms with Crippen LogP contribution in [0, 0.1) is 0 Å². The van der Waals surface area contributed by atoms with Gasteiger partial charge in [-0.3, -0.25) is 9.59 Å². The lowest BCUT2D eigenvalue weighted by molar-refractivity contribution is -0.140. The lowest BCUT2D eigenvalue weighted by Gasteiger charge is -2.21. The number of benzene rings is 1. The van der Waals surface area contributed by atoms with Crippen LogP contribution in [0.25, 0.3) is 0 Å². The minimum atomic E-state index is -4.47. The molecular formula is C18H20F3N3O3S. The number of carbonyl (C=O) groups is 2. The molecule has 0 aliphatic rings. The molecule has 0 spiro atoms. The summed E-state index contributed by atoms with van der Waals surface area (Å²) in [6, 6.07) is 6.62. The van der Waals surface area contributed by atoms with Gasteiger partial charge in [0.2, 0.25) is 0 Å². The zero-order chi connectivity index (χ0) is 20.7. The third kappa shape index (κ3) is 6.22. The highest BCUT2D eigenvalue weighted by atomic mass is 32.1. The fourth-order valence-corrected chi connectivity index (χ4v) is 3.28. The van der Waals surface area contributed by atoms with Gasteiger partial charge in [0.1, 0.15) is 0 Å². The Labute approximate surface area is 164 Å². The summed E-state index contributed by atoms with van der Waals surface area (Å²) in [4.78, 5) is 27.9. The molecule has 0 atom stereocenters. The first kappa shape index (κ1) is 21.7. The van der Waals surface area contributed by atoms with Crippen molar-refractivity contribution in [3.8, 4) is 0 Å². The predicted molar refractivity (Wildman–Crippen MR) is 99.5 cm³/mol. The van der Waals surface area contributed by atoms with Gasteiger partial charge in [-0.15, -0.1) is 11.3 Å². The van der Waals surface area contributed by atoms with Gasteiger partial charge in [0.25, 0.3) is 5.91 Å². The van der Waals surface area contributed by atoms with Gasteiger partial charge in [0.15, 0.2) is 10.8 Å². The van der Waals surface area contributed by atoms with Crippen molar-refractivity contribution in [2.75, 3.05) is 18.0 Å². The quantitative estimate of drug-likeness (QED) is 0.651. The molecule has 0 bridgehead atoms. The second kappa shape index (κ2) is 9.54. The summed E-state index contributed by atoms with van der Waals surface area (Å²) in [5, 5.41) is 12.4. The molecule has 28 heavy (non-hydrogen) atoms. The number of rotatable bonds is 9. The van der Waals surface area contributed by atoms with Crippen molar-refractivity contribution in [2.45, 2.75) is 32.5 Å². The molecule has 6 nitrogen and oxygen atoms in total. The molecule has 0 fully saturated rings. The highest BCUT2D eigenvalue weighted by molar-refractivity contribution is 7.13. The second-order valence-electron chi connectivity index (χ2n) is 6.03. The number of carboxylic acids is 1. The summed E-state index contributed by atoms with van der Waals surface area (Å²) < 4.78 is 38.4. The third-order valence-electron chi connectivity index (χ3n) is 3.76. The van der Waals surface area contributed by atoms with Crippen molar-refractivity contribution in [1.29, 1.82) is 0 Å². The van der Waals surface area contributed by atoms with Crippen LogP contribution in [0.5, 0.6) is 0 Å². The Balaban J connectivity index is 2.04. The average molecular weight is 415 g/mol. The first-order chi connectivity index (χ1) is 13.2. The minimum Gasteiger partial charge on any atom is -0.481 e. The Morgan fingerprint density at radius 1 is 1.25 bits per heavy atom. The van der Waals surface area contributed by atoms with E-state index in [0.717, 1.165) is 28.7 Å². The van der Waals surface area contributed by atoms with Crippen molar-refractivity contribution in [1.82, 2.24) is 10.3 Å². The van der Waals surface area contributed by atoms with Crippen LogP contribution in [0.3, 0.4) is 0 Å². The molecular weight excluding hydrogens is 395 g/mol.